The summed E-state index contributed by atoms with van der Waals surface area (Å²) >= 11 is 0. The van der Waals surface area contributed by atoms with Gasteiger partial charge in [-0.1, -0.05) is 0 Å². The van der Waals surface area contributed by atoms with Crippen molar-refractivity contribution in [3.63, 3.8) is 0 Å². The minimum absolute atomic E-state index is 0.226. The van der Waals surface area contributed by atoms with Gasteiger partial charge in [0.1, 0.15) is 5.82 Å². The Balaban J connectivity index is 2.28. The molecule has 0 unspecified atom stereocenters. The lowest BCUT2D eigenvalue weighted by atomic mass is 10.3. The molecule has 0 amide bonds. The van der Waals surface area contributed by atoms with Crippen molar-refractivity contribution in [2.24, 2.45) is 10.2 Å². The Morgan fingerprint density at radius 2 is 1.81 bits per heavy atom. The Labute approximate surface area is 90.0 Å². The summed E-state index contributed by atoms with van der Waals surface area (Å²) in [5.74, 6) is -0.338. The van der Waals surface area contributed by atoms with Crippen LogP contribution in [-0.2, 0) is 0 Å². The Kier molecular flexibility index (Phi) is 2.63. The average molecular weight is 220 g/mol. The molecule has 2 aromatic rings. The molecule has 0 saturated heterocycles. The second-order valence-electron chi connectivity index (χ2n) is 3.23. The molecule has 6 heteroatoms. The van der Waals surface area contributed by atoms with Gasteiger partial charge in [0, 0.05) is 0 Å². The molecule has 0 aliphatic carbocycles. The van der Waals surface area contributed by atoms with Crippen LogP contribution in [0.1, 0.15) is 5.69 Å². The first kappa shape index (κ1) is 10.3. The summed E-state index contributed by atoms with van der Waals surface area (Å²) in [6.07, 6.45) is 0. The van der Waals surface area contributed by atoms with E-state index in [1.54, 1.807) is 6.92 Å². The first-order valence-electron chi connectivity index (χ1n) is 4.61. The molecule has 0 atom stereocenters. The van der Waals surface area contributed by atoms with Crippen molar-refractivity contribution in [2.45, 2.75) is 6.92 Å². The number of aromatic nitrogens is 2. The minimum Gasteiger partial charge on any atom is -0.300 e. The third-order valence-electron chi connectivity index (χ3n) is 2.03. The lowest BCUT2D eigenvalue weighted by Crippen LogP contribution is -1.96. The lowest BCUT2D eigenvalue weighted by Gasteiger charge is -1.91. The van der Waals surface area contributed by atoms with Gasteiger partial charge in [-0.15, -0.1) is 5.11 Å². The highest BCUT2D eigenvalue weighted by Crippen LogP contribution is 2.17. The zero-order chi connectivity index (χ0) is 11.5. The van der Waals surface area contributed by atoms with Crippen molar-refractivity contribution in [2.75, 3.05) is 0 Å². The number of aryl methyl sites for hydroxylation is 1. The first-order chi connectivity index (χ1) is 7.66. The van der Waals surface area contributed by atoms with Crippen LogP contribution in [0, 0.1) is 12.7 Å². The number of H-pyrrole nitrogens is 2. The van der Waals surface area contributed by atoms with E-state index in [9.17, 15) is 9.18 Å². The zero-order valence-corrected chi connectivity index (χ0v) is 8.49. The van der Waals surface area contributed by atoms with Crippen LogP contribution in [0.5, 0.6) is 0 Å². The van der Waals surface area contributed by atoms with Crippen LogP contribution in [0.25, 0.3) is 0 Å². The van der Waals surface area contributed by atoms with Crippen molar-refractivity contribution < 1.29 is 4.39 Å². The van der Waals surface area contributed by atoms with E-state index in [1.807, 2.05) is 0 Å². The maximum atomic E-state index is 12.6. The van der Waals surface area contributed by atoms with E-state index >= 15 is 0 Å². The SMILES string of the molecule is Cc1[nH][nH]c(=O)c1N=Nc1ccc(F)cc1. The monoisotopic (exact) mass is 220 g/mol. The maximum Gasteiger partial charge on any atom is 0.291 e. The smallest absolute Gasteiger partial charge is 0.291 e. The maximum absolute atomic E-state index is 12.6. The molecule has 0 bridgehead atoms. The summed E-state index contributed by atoms with van der Waals surface area (Å²) in [6, 6.07) is 5.52. The Hall–Kier alpha value is -2.24. The predicted octanol–water partition coefficient (Wildman–Crippen LogP) is 2.57. The van der Waals surface area contributed by atoms with Crippen LogP contribution in [0.15, 0.2) is 39.3 Å². The number of hydrogen-bond donors (Lipinski definition) is 2. The number of nitrogens with one attached hydrogen (secondary N) is 2. The molecule has 0 aliphatic rings. The van der Waals surface area contributed by atoms with E-state index in [0.717, 1.165) is 0 Å². The topological polar surface area (TPSA) is 73.4 Å². The third kappa shape index (κ3) is 2.05. The number of rotatable bonds is 2. The van der Waals surface area contributed by atoms with Crippen LogP contribution in [0.3, 0.4) is 0 Å². The van der Waals surface area contributed by atoms with Crippen LogP contribution in [0.4, 0.5) is 15.8 Å². The van der Waals surface area contributed by atoms with Crippen molar-refractivity contribution in [1.82, 2.24) is 10.2 Å². The molecule has 0 spiro atoms. The summed E-state index contributed by atoms with van der Waals surface area (Å²) < 4.78 is 12.6. The third-order valence-corrected chi connectivity index (χ3v) is 2.03. The molecule has 0 radical (unpaired) electrons. The van der Waals surface area contributed by atoms with E-state index in [-0.39, 0.29) is 17.1 Å². The van der Waals surface area contributed by atoms with Gasteiger partial charge < -0.3 is 5.10 Å². The van der Waals surface area contributed by atoms with E-state index in [0.29, 0.717) is 11.4 Å². The number of hydrogen-bond acceptors (Lipinski definition) is 3. The fourth-order valence-electron chi connectivity index (χ4n) is 1.18. The molecule has 1 aromatic heterocycles. The second kappa shape index (κ2) is 4.09. The summed E-state index contributed by atoms with van der Waals surface area (Å²) in [5.41, 5.74) is 0.991. The summed E-state index contributed by atoms with van der Waals surface area (Å²) in [4.78, 5) is 11.2. The largest absolute Gasteiger partial charge is 0.300 e. The van der Waals surface area contributed by atoms with E-state index in [1.165, 1.54) is 24.3 Å². The minimum atomic E-state index is -0.338. The standard InChI is InChI=1S/C10H9FN4O/c1-6-9(10(16)15-12-6)14-13-8-4-2-7(11)3-5-8/h2-5H,1H3,(H2,12,15,16). The van der Waals surface area contributed by atoms with Crippen LogP contribution in [0.2, 0.25) is 0 Å². The van der Waals surface area contributed by atoms with Crippen LogP contribution < -0.4 is 5.56 Å². The Bertz CT molecular complexity index is 567. The second-order valence-corrected chi connectivity index (χ2v) is 3.23. The van der Waals surface area contributed by atoms with Crippen molar-refractivity contribution >= 4 is 11.4 Å². The van der Waals surface area contributed by atoms with Gasteiger partial charge in [-0.3, -0.25) is 9.89 Å². The number of nitrogens with zero attached hydrogens (tertiary/aromatic N) is 2. The molecule has 82 valence electrons. The van der Waals surface area contributed by atoms with E-state index < -0.39 is 0 Å². The van der Waals surface area contributed by atoms with E-state index in [4.69, 9.17) is 0 Å². The summed E-state index contributed by atoms with van der Waals surface area (Å²) in [7, 11) is 0. The molecule has 0 saturated carbocycles. The van der Waals surface area contributed by atoms with Gasteiger partial charge in [-0.2, -0.15) is 5.11 Å². The molecule has 2 rings (SSSR count). The van der Waals surface area contributed by atoms with Gasteiger partial charge in [0.05, 0.1) is 11.4 Å². The quantitative estimate of drug-likeness (QED) is 0.750. The molecule has 0 aliphatic heterocycles. The van der Waals surface area contributed by atoms with E-state index in [2.05, 4.69) is 20.4 Å². The molecule has 2 N–H and O–H groups in total. The fraction of sp³-hybridized carbons (Fsp3) is 0.100. The number of benzene rings is 1. The number of aromatic amines is 2. The molecule has 1 aromatic carbocycles. The highest BCUT2D eigenvalue weighted by Gasteiger charge is 2.03. The Morgan fingerprint density at radius 3 is 2.38 bits per heavy atom. The van der Waals surface area contributed by atoms with Crippen molar-refractivity contribution in [1.29, 1.82) is 0 Å². The number of azo groups is 1. The lowest BCUT2D eigenvalue weighted by molar-refractivity contribution is 0.628. The zero-order valence-electron chi connectivity index (χ0n) is 8.49. The number of halogens is 1. The predicted molar refractivity (Wildman–Crippen MR) is 56.7 cm³/mol. The molecular weight excluding hydrogens is 211 g/mol. The summed E-state index contributed by atoms with van der Waals surface area (Å²) in [6.45, 7) is 1.71. The van der Waals surface area contributed by atoms with Crippen molar-refractivity contribution in [3.8, 4) is 0 Å². The molecular formula is C10H9FN4O. The Morgan fingerprint density at radius 1 is 1.12 bits per heavy atom. The molecule has 0 fully saturated rings. The van der Waals surface area contributed by atoms with Crippen LogP contribution in [-0.4, -0.2) is 10.2 Å². The van der Waals surface area contributed by atoms with Crippen molar-refractivity contribution in [3.05, 3.63) is 46.1 Å². The van der Waals surface area contributed by atoms with Gasteiger partial charge >= 0.3 is 0 Å². The van der Waals surface area contributed by atoms with Gasteiger partial charge in [0.15, 0.2) is 5.69 Å². The normalized spacial score (nSPS) is 11.1. The van der Waals surface area contributed by atoms with Gasteiger partial charge in [0.2, 0.25) is 0 Å². The average Bonchev–Trinajstić information content (AvgIpc) is 2.59. The highest BCUT2D eigenvalue weighted by molar-refractivity contribution is 5.40. The summed E-state index contributed by atoms with van der Waals surface area (Å²) in [5, 5.41) is 12.6. The van der Waals surface area contributed by atoms with Gasteiger partial charge in [-0.25, -0.2) is 4.39 Å². The highest BCUT2D eigenvalue weighted by atomic mass is 19.1. The molecule has 16 heavy (non-hydrogen) atoms. The molecule has 5 nitrogen and oxygen atoms in total. The molecule has 1 heterocycles. The van der Waals surface area contributed by atoms with Gasteiger partial charge in [0.25, 0.3) is 5.56 Å². The fourth-order valence-corrected chi connectivity index (χ4v) is 1.18. The first-order valence-corrected chi connectivity index (χ1v) is 4.61. The van der Waals surface area contributed by atoms with Gasteiger partial charge in [-0.05, 0) is 31.2 Å². The van der Waals surface area contributed by atoms with Crippen LogP contribution >= 0.6 is 0 Å².